The Morgan fingerprint density at radius 3 is 2.04 bits per heavy atom. The summed E-state index contributed by atoms with van der Waals surface area (Å²) in [5, 5.41) is 0. The summed E-state index contributed by atoms with van der Waals surface area (Å²) in [4.78, 5) is 34.4. The van der Waals surface area contributed by atoms with Gasteiger partial charge in [-0.1, -0.05) is 133 Å². The number of benzene rings is 5. The van der Waals surface area contributed by atoms with E-state index in [0.29, 0.717) is 26.3 Å². The SMILES string of the molecule is CCOC(=O)C1=C(c2ccccc2)N=c2s/c(=C\c3cc(-c4ccccc4)n(-c4ccccc4)c3-c3ccccc3)c(=O)n2[C@H]1c1cccc(OC)c1. The van der Waals surface area contributed by atoms with E-state index in [1.165, 1.54) is 11.3 Å². The molecule has 5 aromatic carbocycles. The lowest BCUT2D eigenvalue weighted by atomic mass is 9.93. The lowest BCUT2D eigenvalue weighted by Gasteiger charge is -2.26. The molecule has 0 unspecified atom stereocenters. The molecule has 0 aliphatic carbocycles. The van der Waals surface area contributed by atoms with Gasteiger partial charge in [-0.3, -0.25) is 9.36 Å². The Morgan fingerprint density at radius 1 is 0.774 bits per heavy atom. The minimum atomic E-state index is -0.819. The number of carbonyl (C=O) groups is 1. The quantitative estimate of drug-likeness (QED) is 0.142. The van der Waals surface area contributed by atoms with E-state index in [2.05, 4.69) is 47.0 Å². The van der Waals surface area contributed by atoms with Crippen molar-refractivity contribution >= 4 is 29.1 Å². The van der Waals surface area contributed by atoms with E-state index in [0.717, 1.165) is 39.3 Å². The van der Waals surface area contributed by atoms with Crippen molar-refractivity contribution in [3.63, 3.8) is 0 Å². The van der Waals surface area contributed by atoms with E-state index in [1.54, 1.807) is 18.6 Å². The average Bonchev–Trinajstić information content (AvgIpc) is 3.75. The van der Waals surface area contributed by atoms with Crippen LogP contribution in [0.25, 0.3) is 40.0 Å². The zero-order valence-corrected chi connectivity index (χ0v) is 30.0. The van der Waals surface area contributed by atoms with Crippen molar-refractivity contribution < 1.29 is 14.3 Å². The molecule has 0 saturated carbocycles. The van der Waals surface area contributed by atoms with Gasteiger partial charge in [0, 0.05) is 16.8 Å². The summed E-state index contributed by atoms with van der Waals surface area (Å²) < 4.78 is 15.6. The van der Waals surface area contributed by atoms with Gasteiger partial charge in [0.15, 0.2) is 4.80 Å². The van der Waals surface area contributed by atoms with Gasteiger partial charge in [-0.2, -0.15) is 0 Å². The average molecular weight is 714 g/mol. The number of para-hydroxylation sites is 1. The molecule has 0 spiro atoms. The second-order valence-corrected chi connectivity index (χ2v) is 13.5. The summed E-state index contributed by atoms with van der Waals surface area (Å²) in [7, 11) is 1.59. The van der Waals surface area contributed by atoms with Crippen LogP contribution < -0.4 is 19.6 Å². The topological polar surface area (TPSA) is 74.8 Å². The number of aromatic nitrogens is 2. The van der Waals surface area contributed by atoms with Gasteiger partial charge in [-0.25, -0.2) is 9.79 Å². The van der Waals surface area contributed by atoms with Crippen LogP contribution in [-0.4, -0.2) is 28.8 Å². The van der Waals surface area contributed by atoms with E-state index in [1.807, 2.05) is 115 Å². The summed E-state index contributed by atoms with van der Waals surface area (Å²) in [6.45, 7) is 1.94. The fourth-order valence-electron chi connectivity index (χ4n) is 6.91. The van der Waals surface area contributed by atoms with Crippen LogP contribution in [0.4, 0.5) is 0 Å². The van der Waals surface area contributed by atoms with E-state index in [9.17, 15) is 9.59 Å². The van der Waals surface area contributed by atoms with Crippen LogP contribution in [0.2, 0.25) is 0 Å². The summed E-state index contributed by atoms with van der Waals surface area (Å²) in [6, 6.07) is 49.0. The molecule has 3 heterocycles. The number of thiazole rings is 1. The molecule has 7 nitrogen and oxygen atoms in total. The maximum Gasteiger partial charge on any atom is 0.338 e. The number of nitrogens with zero attached hydrogens (tertiary/aromatic N) is 3. The van der Waals surface area contributed by atoms with Gasteiger partial charge in [0.05, 0.1) is 46.9 Å². The molecular formula is C45H35N3O4S. The first-order chi connectivity index (χ1) is 26.1. The van der Waals surface area contributed by atoms with Crippen LogP contribution in [0.1, 0.15) is 29.7 Å². The van der Waals surface area contributed by atoms with E-state index in [4.69, 9.17) is 14.5 Å². The van der Waals surface area contributed by atoms with Crippen molar-refractivity contribution in [2.45, 2.75) is 13.0 Å². The summed E-state index contributed by atoms with van der Waals surface area (Å²) in [5.74, 6) is 0.0744. The number of fused-ring (bicyclic) bond motifs is 1. The Labute approximate surface area is 310 Å². The highest BCUT2D eigenvalue weighted by atomic mass is 32.1. The van der Waals surface area contributed by atoms with Gasteiger partial charge in [0.1, 0.15) is 5.75 Å². The molecule has 2 aromatic heterocycles. The predicted octanol–water partition coefficient (Wildman–Crippen LogP) is 8.07. The standard InChI is InChI=1S/C45H35N3O4S/c1-3-52-44(50)39-40(31-19-10-5-11-20-31)46-45-48(42(39)33-23-16-26-36(27-33)51-2)43(49)38(53-45)29-34-28-37(30-17-8-4-9-18-30)47(35-24-14-7-15-25-35)41(34)32-21-12-6-13-22-32/h4-29,42H,3H2,1-2H3/b38-29-/t42-/m0/s1. The van der Waals surface area contributed by atoms with E-state index >= 15 is 0 Å². The van der Waals surface area contributed by atoms with Crippen molar-refractivity contribution in [3.05, 3.63) is 194 Å². The van der Waals surface area contributed by atoms with E-state index in [-0.39, 0.29) is 17.7 Å². The Bertz CT molecular complexity index is 2640. The number of methoxy groups -OCH3 is 1. The zero-order valence-electron chi connectivity index (χ0n) is 29.2. The molecule has 8 heteroatoms. The number of hydrogen-bond donors (Lipinski definition) is 0. The van der Waals surface area contributed by atoms with Gasteiger partial charge in [-0.05, 0) is 60.0 Å². The number of carbonyl (C=O) groups excluding carboxylic acids is 1. The first-order valence-corrected chi connectivity index (χ1v) is 18.2. The van der Waals surface area contributed by atoms with Crippen molar-refractivity contribution in [2.24, 2.45) is 4.99 Å². The predicted molar refractivity (Wildman–Crippen MR) is 211 cm³/mol. The number of rotatable bonds is 9. The highest BCUT2D eigenvalue weighted by Crippen LogP contribution is 2.38. The maximum atomic E-state index is 14.9. The highest BCUT2D eigenvalue weighted by molar-refractivity contribution is 7.07. The molecule has 1 aliphatic rings. The van der Waals surface area contributed by atoms with Crippen molar-refractivity contribution in [3.8, 4) is 34.0 Å². The number of esters is 1. The molecule has 0 bridgehead atoms. The van der Waals surface area contributed by atoms with Gasteiger partial charge in [-0.15, -0.1) is 0 Å². The number of ether oxygens (including phenoxy) is 2. The molecule has 8 rings (SSSR count). The third-order valence-electron chi connectivity index (χ3n) is 9.23. The third kappa shape index (κ3) is 6.34. The maximum absolute atomic E-state index is 14.9. The molecule has 0 amide bonds. The van der Waals surface area contributed by atoms with Gasteiger partial charge in [0.25, 0.3) is 5.56 Å². The molecule has 53 heavy (non-hydrogen) atoms. The molecule has 0 N–H and O–H groups in total. The van der Waals surface area contributed by atoms with Crippen LogP contribution in [-0.2, 0) is 9.53 Å². The molecular weight excluding hydrogens is 679 g/mol. The first-order valence-electron chi connectivity index (χ1n) is 17.4. The Morgan fingerprint density at radius 2 is 1.40 bits per heavy atom. The normalized spacial score (nSPS) is 14.1. The fraction of sp³-hybridized carbons (Fsp3) is 0.0889. The van der Waals surface area contributed by atoms with Gasteiger partial charge < -0.3 is 14.0 Å². The number of hydrogen-bond acceptors (Lipinski definition) is 6. The summed E-state index contributed by atoms with van der Waals surface area (Å²) >= 11 is 1.30. The van der Waals surface area contributed by atoms with E-state index < -0.39 is 12.0 Å². The Balaban J connectivity index is 1.43. The second-order valence-electron chi connectivity index (χ2n) is 12.4. The van der Waals surface area contributed by atoms with Gasteiger partial charge >= 0.3 is 5.97 Å². The molecule has 7 aromatic rings. The smallest absolute Gasteiger partial charge is 0.338 e. The van der Waals surface area contributed by atoms with Crippen molar-refractivity contribution in [2.75, 3.05) is 13.7 Å². The highest BCUT2D eigenvalue weighted by Gasteiger charge is 2.35. The molecule has 0 fully saturated rings. The van der Waals surface area contributed by atoms with Crippen LogP contribution in [0.15, 0.2) is 167 Å². The zero-order chi connectivity index (χ0) is 36.3. The van der Waals surface area contributed by atoms with Crippen LogP contribution in [0.5, 0.6) is 5.75 Å². The van der Waals surface area contributed by atoms with Crippen LogP contribution >= 0.6 is 11.3 Å². The molecule has 260 valence electrons. The van der Waals surface area contributed by atoms with Gasteiger partial charge in [0.2, 0.25) is 0 Å². The monoisotopic (exact) mass is 713 g/mol. The minimum Gasteiger partial charge on any atom is -0.497 e. The van der Waals surface area contributed by atoms with Crippen molar-refractivity contribution in [1.82, 2.24) is 9.13 Å². The molecule has 1 atom stereocenters. The minimum absolute atomic E-state index is 0.171. The Hall–Kier alpha value is -6.51. The second kappa shape index (κ2) is 14.6. The largest absolute Gasteiger partial charge is 0.497 e. The summed E-state index contributed by atoms with van der Waals surface area (Å²) in [5.41, 5.74) is 7.79. The Kier molecular flexibility index (Phi) is 9.27. The lowest BCUT2D eigenvalue weighted by Crippen LogP contribution is -2.40. The molecule has 0 saturated heterocycles. The summed E-state index contributed by atoms with van der Waals surface area (Å²) in [6.07, 6.45) is 1.96. The lowest BCUT2D eigenvalue weighted by molar-refractivity contribution is -0.138. The van der Waals surface area contributed by atoms with Crippen LogP contribution in [0.3, 0.4) is 0 Å². The first kappa shape index (κ1) is 33.6. The fourth-order valence-corrected chi connectivity index (χ4v) is 7.90. The van der Waals surface area contributed by atoms with Crippen molar-refractivity contribution in [1.29, 1.82) is 0 Å². The molecule has 0 radical (unpaired) electrons. The third-order valence-corrected chi connectivity index (χ3v) is 10.2. The van der Waals surface area contributed by atoms with Crippen LogP contribution in [0, 0.1) is 0 Å². The molecule has 1 aliphatic heterocycles.